The Morgan fingerprint density at radius 1 is 1.03 bits per heavy atom. The molecule has 1 aromatic carbocycles. The van der Waals surface area contributed by atoms with E-state index >= 15 is 0 Å². The van der Waals surface area contributed by atoms with Gasteiger partial charge in [0.1, 0.15) is 30.5 Å². The van der Waals surface area contributed by atoms with Crippen molar-refractivity contribution in [3.63, 3.8) is 0 Å². The Labute approximate surface area is 182 Å². The van der Waals surface area contributed by atoms with E-state index in [0.29, 0.717) is 17.0 Å². The molecule has 158 valence electrons. The average molecular weight is 449 g/mol. The minimum atomic E-state index is -1.43. The van der Waals surface area contributed by atoms with E-state index in [1.165, 1.54) is 11.3 Å². The molecule has 0 amide bonds. The molecule has 3 aromatic rings. The summed E-state index contributed by atoms with van der Waals surface area (Å²) >= 11 is 7.90. The Hall–Kier alpha value is -1.91. The summed E-state index contributed by atoms with van der Waals surface area (Å²) in [5, 5.41) is 41.2. The van der Waals surface area contributed by atoms with Crippen LogP contribution in [0.2, 0.25) is 5.02 Å². The molecule has 9 heteroatoms. The first-order valence-electron chi connectivity index (χ1n) is 9.43. The molecule has 1 saturated heterocycles. The lowest BCUT2D eigenvalue weighted by Crippen LogP contribution is -2.55. The monoisotopic (exact) mass is 448 g/mol. The molecule has 1 fully saturated rings. The summed E-state index contributed by atoms with van der Waals surface area (Å²) in [6.45, 7) is -0.475. The molecule has 2 aromatic heterocycles. The van der Waals surface area contributed by atoms with Crippen LogP contribution < -0.4 is 0 Å². The molecule has 30 heavy (non-hydrogen) atoms. The number of hydrogen-bond acceptors (Lipinski definition) is 8. The topological polar surface area (TPSA) is 116 Å². The lowest BCUT2D eigenvalue weighted by Gasteiger charge is -2.40. The summed E-state index contributed by atoms with van der Waals surface area (Å²) < 4.78 is 5.65. The van der Waals surface area contributed by atoms with Gasteiger partial charge in [-0.25, -0.2) is 4.98 Å². The number of aromatic nitrogens is 2. The lowest BCUT2D eigenvalue weighted by molar-refractivity contribution is -0.231. The van der Waals surface area contributed by atoms with E-state index in [2.05, 4.69) is 9.97 Å². The van der Waals surface area contributed by atoms with Gasteiger partial charge in [0.15, 0.2) is 0 Å². The van der Waals surface area contributed by atoms with Crippen molar-refractivity contribution < 1.29 is 25.2 Å². The summed E-state index contributed by atoms with van der Waals surface area (Å²) in [6.07, 6.45) is -2.06. The number of nitrogens with zero attached hydrogens (tertiary/aromatic N) is 2. The summed E-state index contributed by atoms with van der Waals surface area (Å²) in [5.74, 6) is 0. The van der Waals surface area contributed by atoms with Gasteiger partial charge in [0.2, 0.25) is 0 Å². The van der Waals surface area contributed by atoms with Crippen LogP contribution in [0.15, 0.2) is 48.8 Å². The molecule has 5 atom stereocenters. The highest BCUT2D eigenvalue weighted by molar-refractivity contribution is 7.15. The van der Waals surface area contributed by atoms with Gasteiger partial charge < -0.3 is 25.2 Å². The van der Waals surface area contributed by atoms with Gasteiger partial charge in [-0.1, -0.05) is 29.8 Å². The molecule has 0 radical (unpaired) electrons. The maximum absolute atomic E-state index is 10.4. The SMILES string of the molecule is OC[C@H]1O[C@@H](c2ccc(Cl)c(Cc3ncc(-c4ccccn4)s3)c2)[C@H](O)[C@@H](O)[C@@H]1O. The average Bonchev–Trinajstić information content (AvgIpc) is 3.23. The Morgan fingerprint density at radius 2 is 1.87 bits per heavy atom. The quantitative estimate of drug-likeness (QED) is 0.471. The number of aliphatic hydroxyl groups excluding tert-OH is 4. The minimum Gasteiger partial charge on any atom is -0.394 e. The van der Waals surface area contributed by atoms with E-state index in [1.54, 1.807) is 30.6 Å². The lowest BCUT2D eigenvalue weighted by atomic mass is 9.90. The molecule has 0 bridgehead atoms. The van der Waals surface area contributed by atoms with E-state index in [0.717, 1.165) is 21.1 Å². The zero-order valence-electron chi connectivity index (χ0n) is 15.8. The number of thiazole rings is 1. The highest BCUT2D eigenvalue weighted by Crippen LogP contribution is 2.35. The van der Waals surface area contributed by atoms with Crippen LogP contribution in [0.4, 0.5) is 0 Å². The Morgan fingerprint density at radius 3 is 2.60 bits per heavy atom. The van der Waals surface area contributed by atoms with E-state index < -0.39 is 37.1 Å². The highest BCUT2D eigenvalue weighted by atomic mass is 35.5. The number of benzene rings is 1. The number of ether oxygens (including phenoxy) is 1. The first kappa shape index (κ1) is 21.3. The van der Waals surface area contributed by atoms with Crippen LogP contribution >= 0.6 is 22.9 Å². The molecular formula is C21H21ClN2O5S. The van der Waals surface area contributed by atoms with Crippen molar-refractivity contribution in [2.75, 3.05) is 6.61 Å². The van der Waals surface area contributed by atoms with Gasteiger partial charge in [-0.2, -0.15) is 0 Å². The van der Waals surface area contributed by atoms with Gasteiger partial charge in [-0.15, -0.1) is 11.3 Å². The fraction of sp³-hybridized carbons (Fsp3) is 0.333. The summed E-state index contributed by atoms with van der Waals surface area (Å²) in [5.41, 5.74) is 2.23. The van der Waals surface area contributed by atoms with Crippen LogP contribution in [0, 0.1) is 0 Å². The second-order valence-corrected chi connectivity index (χ2v) is 8.63. The first-order chi connectivity index (χ1) is 14.5. The molecule has 0 aliphatic carbocycles. The molecule has 4 rings (SSSR count). The molecule has 4 N–H and O–H groups in total. The first-order valence-corrected chi connectivity index (χ1v) is 10.6. The maximum atomic E-state index is 10.4. The molecular weight excluding hydrogens is 428 g/mol. The van der Waals surface area contributed by atoms with E-state index in [1.807, 2.05) is 18.2 Å². The standard InChI is InChI=1S/C21H21ClN2O5S/c22-13-5-4-11(21-20(28)19(27)18(26)15(10-25)29-21)7-12(13)8-17-24-9-16(30-17)14-3-1-2-6-23-14/h1-7,9,15,18-21,25-28H,8,10H2/t15-,18-,19+,20-,21+/m1/s1. The molecule has 3 heterocycles. The van der Waals surface area contributed by atoms with Crippen LogP contribution in [-0.2, 0) is 11.2 Å². The minimum absolute atomic E-state index is 0.474. The van der Waals surface area contributed by atoms with Crippen molar-refractivity contribution in [3.8, 4) is 10.6 Å². The van der Waals surface area contributed by atoms with Crippen molar-refractivity contribution in [1.82, 2.24) is 9.97 Å². The Kier molecular flexibility index (Phi) is 6.45. The summed E-state index contributed by atoms with van der Waals surface area (Å²) in [7, 11) is 0. The number of pyridine rings is 1. The number of rotatable bonds is 5. The molecule has 7 nitrogen and oxygen atoms in total. The van der Waals surface area contributed by atoms with Crippen LogP contribution in [0.3, 0.4) is 0 Å². The highest BCUT2D eigenvalue weighted by Gasteiger charge is 2.44. The van der Waals surface area contributed by atoms with Crippen LogP contribution in [-0.4, -0.2) is 61.4 Å². The predicted molar refractivity (Wildman–Crippen MR) is 112 cm³/mol. The number of hydrogen-bond donors (Lipinski definition) is 4. The molecule has 0 spiro atoms. The van der Waals surface area contributed by atoms with Crippen molar-refractivity contribution in [1.29, 1.82) is 0 Å². The predicted octanol–water partition coefficient (Wildman–Crippen LogP) is 1.96. The molecule has 0 unspecified atom stereocenters. The van der Waals surface area contributed by atoms with Crippen molar-refractivity contribution >= 4 is 22.9 Å². The smallest absolute Gasteiger partial charge is 0.113 e. The van der Waals surface area contributed by atoms with E-state index in [4.69, 9.17) is 16.3 Å². The van der Waals surface area contributed by atoms with E-state index in [9.17, 15) is 20.4 Å². The fourth-order valence-electron chi connectivity index (χ4n) is 3.47. The van der Waals surface area contributed by atoms with Crippen molar-refractivity contribution in [2.45, 2.75) is 36.9 Å². The maximum Gasteiger partial charge on any atom is 0.113 e. The van der Waals surface area contributed by atoms with Crippen LogP contribution in [0.5, 0.6) is 0 Å². The van der Waals surface area contributed by atoms with Crippen molar-refractivity contribution in [3.05, 3.63) is 69.9 Å². The molecule has 1 aliphatic heterocycles. The van der Waals surface area contributed by atoms with Crippen LogP contribution in [0.25, 0.3) is 10.6 Å². The van der Waals surface area contributed by atoms with Gasteiger partial charge in [-0.05, 0) is 29.3 Å². The van der Waals surface area contributed by atoms with E-state index in [-0.39, 0.29) is 0 Å². The fourth-order valence-corrected chi connectivity index (χ4v) is 4.57. The largest absolute Gasteiger partial charge is 0.394 e. The third-order valence-electron chi connectivity index (χ3n) is 5.10. The zero-order valence-corrected chi connectivity index (χ0v) is 17.4. The molecule has 0 saturated carbocycles. The normalized spacial score (nSPS) is 26.6. The van der Waals surface area contributed by atoms with Gasteiger partial charge in [-0.3, -0.25) is 4.98 Å². The number of aliphatic hydroxyl groups is 4. The Balaban J connectivity index is 1.57. The van der Waals surface area contributed by atoms with Gasteiger partial charge in [0, 0.05) is 23.8 Å². The summed E-state index contributed by atoms with van der Waals surface area (Å²) in [6, 6.07) is 10.9. The third-order valence-corrected chi connectivity index (χ3v) is 6.49. The Bertz CT molecular complexity index is 1000. The second kappa shape index (κ2) is 9.07. The number of halogens is 1. The molecule has 1 aliphatic rings. The zero-order chi connectivity index (χ0) is 21.3. The van der Waals surface area contributed by atoms with Crippen LogP contribution in [0.1, 0.15) is 22.2 Å². The van der Waals surface area contributed by atoms with Gasteiger partial charge in [0.25, 0.3) is 0 Å². The van der Waals surface area contributed by atoms with Crippen molar-refractivity contribution in [2.24, 2.45) is 0 Å². The third kappa shape index (κ3) is 4.26. The second-order valence-electron chi connectivity index (χ2n) is 7.11. The van der Waals surface area contributed by atoms with Gasteiger partial charge in [0.05, 0.1) is 22.2 Å². The summed E-state index contributed by atoms with van der Waals surface area (Å²) in [4.78, 5) is 9.75. The van der Waals surface area contributed by atoms with Gasteiger partial charge >= 0.3 is 0 Å².